The highest BCUT2D eigenvalue weighted by molar-refractivity contribution is 6.00. The molecule has 200 valence electrons. The molecule has 38 heavy (non-hydrogen) atoms. The van der Waals surface area contributed by atoms with E-state index in [-0.39, 0.29) is 0 Å². The van der Waals surface area contributed by atoms with Gasteiger partial charge in [0.2, 0.25) is 0 Å². The van der Waals surface area contributed by atoms with E-state index >= 15 is 0 Å². The first kappa shape index (κ1) is 26.9. The highest BCUT2D eigenvalue weighted by atomic mass is 16.5. The Morgan fingerprint density at radius 3 is 2.61 bits per heavy atom. The fourth-order valence-electron chi connectivity index (χ4n) is 4.45. The maximum Gasteiger partial charge on any atom is 0.155 e. The Labute approximate surface area is 224 Å². The van der Waals surface area contributed by atoms with Crippen molar-refractivity contribution in [3.05, 3.63) is 66.3 Å². The summed E-state index contributed by atoms with van der Waals surface area (Å²) < 4.78 is 12.0. The molecule has 0 bridgehead atoms. The monoisotopic (exact) mass is 515 g/mol. The Bertz CT molecular complexity index is 1330. The number of nitrogens with zero attached hydrogens (tertiary/aromatic N) is 5. The summed E-state index contributed by atoms with van der Waals surface area (Å²) in [5, 5.41) is 13.8. The molecule has 0 aliphatic carbocycles. The number of piperazine rings is 1. The van der Waals surface area contributed by atoms with Gasteiger partial charge in [-0.05, 0) is 61.9 Å². The summed E-state index contributed by atoms with van der Waals surface area (Å²) >= 11 is 0. The van der Waals surface area contributed by atoms with Crippen molar-refractivity contribution in [2.75, 3.05) is 50.1 Å². The molecule has 1 fully saturated rings. The summed E-state index contributed by atoms with van der Waals surface area (Å²) in [6.07, 6.45) is 9.17. The number of benzene rings is 2. The Kier molecular flexibility index (Phi) is 9.16. The van der Waals surface area contributed by atoms with Gasteiger partial charge in [-0.15, -0.1) is 0 Å². The van der Waals surface area contributed by atoms with Crippen LogP contribution < -0.4 is 25.0 Å². The molecule has 2 aromatic carbocycles. The third-order valence-electron chi connectivity index (χ3n) is 6.22. The van der Waals surface area contributed by atoms with Crippen LogP contribution in [0.5, 0.6) is 11.5 Å². The van der Waals surface area contributed by atoms with Gasteiger partial charge in [0.15, 0.2) is 5.75 Å². The largest absolute Gasteiger partial charge is 0.494 e. The first-order chi connectivity index (χ1) is 18.7. The zero-order chi connectivity index (χ0) is 26.9. The first-order valence-electron chi connectivity index (χ1n) is 13.1. The molecule has 0 atom stereocenters. The highest BCUT2D eigenvalue weighted by Crippen LogP contribution is 2.39. The maximum absolute atomic E-state index is 6.12. The number of aromatic nitrogens is 2. The number of anilines is 3. The van der Waals surface area contributed by atoms with Gasteiger partial charge in [-0.25, -0.2) is 9.97 Å². The molecule has 0 amide bonds. The van der Waals surface area contributed by atoms with Gasteiger partial charge in [0.1, 0.15) is 23.7 Å². The third-order valence-corrected chi connectivity index (χ3v) is 6.22. The van der Waals surface area contributed by atoms with Crippen molar-refractivity contribution in [1.82, 2.24) is 20.3 Å². The van der Waals surface area contributed by atoms with E-state index in [1.54, 1.807) is 19.7 Å². The van der Waals surface area contributed by atoms with E-state index in [2.05, 4.69) is 42.7 Å². The van der Waals surface area contributed by atoms with E-state index in [0.29, 0.717) is 12.4 Å². The van der Waals surface area contributed by atoms with Gasteiger partial charge >= 0.3 is 0 Å². The summed E-state index contributed by atoms with van der Waals surface area (Å²) in [5.74, 6) is 3.09. The minimum Gasteiger partial charge on any atom is -0.494 e. The van der Waals surface area contributed by atoms with E-state index in [1.807, 2.05) is 69.3 Å². The number of hydrogen-bond donors (Lipinski definition) is 2. The number of aryl methyl sites for hydroxylation is 1. The van der Waals surface area contributed by atoms with Gasteiger partial charge in [0.05, 0.1) is 30.2 Å². The van der Waals surface area contributed by atoms with E-state index in [0.717, 1.165) is 71.3 Å². The fraction of sp³-hybridized carbons (Fsp3) is 0.345. The standard InChI is InChI=1S/C27H31N7O2.C2H6/c1-4-31-34-13-9-21(10-14-34)36-24-8-5-20(17-19(24)2)32-27-25-22(29-18-30-27)6-7-23(26(25)35-3)33-15-11-28-12-16-33;1-2/h4-10,13,17-18,28H,11-12,14-16H2,1-3H3,(H,29,30,32);1-2H3/b31-4-;. The molecule has 9 nitrogen and oxygen atoms in total. The summed E-state index contributed by atoms with van der Waals surface area (Å²) in [4.78, 5) is 11.4. The molecule has 1 aromatic heterocycles. The van der Waals surface area contributed by atoms with Crippen molar-refractivity contribution in [1.29, 1.82) is 0 Å². The molecule has 2 N–H and O–H groups in total. The van der Waals surface area contributed by atoms with Crippen molar-refractivity contribution in [3.8, 4) is 11.5 Å². The minimum absolute atomic E-state index is 0.674. The lowest BCUT2D eigenvalue weighted by molar-refractivity contribution is 0.393. The average Bonchev–Trinajstić information content (AvgIpc) is 2.96. The molecule has 3 heterocycles. The molecule has 0 unspecified atom stereocenters. The second-order valence-corrected chi connectivity index (χ2v) is 8.60. The zero-order valence-electron chi connectivity index (χ0n) is 22.9. The quantitative estimate of drug-likeness (QED) is 0.414. The number of rotatable bonds is 7. The van der Waals surface area contributed by atoms with Gasteiger partial charge < -0.3 is 25.0 Å². The second-order valence-electron chi connectivity index (χ2n) is 8.60. The second kappa shape index (κ2) is 12.9. The van der Waals surface area contributed by atoms with Crippen LogP contribution in [-0.4, -0.2) is 61.0 Å². The summed E-state index contributed by atoms with van der Waals surface area (Å²) in [7, 11) is 1.70. The van der Waals surface area contributed by atoms with Crippen LogP contribution in [0.15, 0.2) is 65.9 Å². The van der Waals surface area contributed by atoms with Crippen LogP contribution in [0.1, 0.15) is 26.3 Å². The number of hydrogen-bond acceptors (Lipinski definition) is 9. The lowest BCUT2D eigenvalue weighted by atomic mass is 10.1. The number of methoxy groups -OCH3 is 1. The van der Waals surface area contributed by atoms with Gasteiger partial charge in [-0.1, -0.05) is 13.8 Å². The summed E-state index contributed by atoms with van der Waals surface area (Å²) in [5.41, 5.74) is 3.81. The molecular weight excluding hydrogens is 478 g/mol. The lowest BCUT2D eigenvalue weighted by Gasteiger charge is -2.31. The Morgan fingerprint density at radius 1 is 1.11 bits per heavy atom. The van der Waals surface area contributed by atoms with Gasteiger partial charge in [-0.3, -0.25) is 5.01 Å². The SMILES string of the molecule is C/C=N\N1C=CC(Oc2ccc(Nc3ncnc4ccc(N5CCNCC5)c(OC)c34)cc2C)=CC1.CC. The maximum atomic E-state index is 6.12. The molecule has 3 aromatic rings. The van der Waals surface area contributed by atoms with Crippen LogP contribution in [0.25, 0.3) is 10.9 Å². The van der Waals surface area contributed by atoms with Crippen molar-refractivity contribution in [2.24, 2.45) is 5.10 Å². The van der Waals surface area contributed by atoms with Crippen molar-refractivity contribution < 1.29 is 9.47 Å². The first-order valence-corrected chi connectivity index (χ1v) is 13.1. The van der Waals surface area contributed by atoms with E-state index in [4.69, 9.17) is 9.47 Å². The Hall–Kier alpha value is -4.11. The Balaban J connectivity index is 0.00000164. The van der Waals surface area contributed by atoms with E-state index < -0.39 is 0 Å². The van der Waals surface area contributed by atoms with E-state index in [9.17, 15) is 0 Å². The number of nitrogens with one attached hydrogen (secondary N) is 2. The van der Waals surface area contributed by atoms with Crippen LogP contribution in [0.4, 0.5) is 17.2 Å². The van der Waals surface area contributed by atoms with Gasteiger partial charge in [-0.2, -0.15) is 5.10 Å². The van der Waals surface area contributed by atoms with Gasteiger partial charge in [0.25, 0.3) is 0 Å². The van der Waals surface area contributed by atoms with Crippen molar-refractivity contribution >= 4 is 34.3 Å². The van der Waals surface area contributed by atoms with Crippen molar-refractivity contribution in [2.45, 2.75) is 27.7 Å². The number of fused-ring (bicyclic) bond motifs is 1. The zero-order valence-corrected chi connectivity index (χ0v) is 22.9. The average molecular weight is 516 g/mol. The summed E-state index contributed by atoms with van der Waals surface area (Å²) in [6, 6.07) is 10.1. The van der Waals surface area contributed by atoms with Crippen LogP contribution >= 0.6 is 0 Å². The number of allylic oxidation sites excluding steroid dienone is 1. The molecule has 5 rings (SSSR count). The predicted molar refractivity (Wildman–Crippen MR) is 156 cm³/mol. The molecule has 0 radical (unpaired) electrons. The fourth-order valence-corrected chi connectivity index (χ4v) is 4.45. The molecule has 1 saturated heterocycles. The van der Waals surface area contributed by atoms with Crippen LogP contribution in [0, 0.1) is 6.92 Å². The normalized spacial score (nSPS) is 15.2. The molecule has 9 heteroatoms. The third kappa shape index (κ3) is 6.06. The van der Waals surface area contributed by atoms with Crippen LogP contribution in [0.3, 0.4) is 0 Å². The molecule has 0 spiro atoms. The minimum atomic E-state index is 0.674. The molecule has 0 saturated carbocycles. The van der Waals surface area contributed by atoms with Crippen LogP contribution in [-0.2, 0) is 0 Å². The topological polar surface area (TPSA) is 87.1 Å². The number of hydrazone groups is 1. The van der Waals surface area contributed by atoms with Gasteiger partial charge in [0, 0.05) is 44.3 Å². The van der Waals surface area contributed by atoms with E-state index in [1.165, 1.54) is 0 Å². The lowest BCUT2D eigenvalue weighted by Crippen LogP contribution is -2.43. The molecule has 2 aliphatic heterocycles. The van der Waals surface area contributed by atoms with Crippen molar-refractivity contribution in [3.63, 3.8) is 0 Å². The van der Waals surface area contributed by atoms with Crippen LogP contribution in [0.2, 0.25) is 0 Å². The molecule has 2 aliphatic rings. The number of ether oxygens (including phenoxy) is 2. The Morgan fingerprint density at radius 2 is 1.92 bits per heavy atom. The highest BCUT2D eigenvalue weighted by Gasteiger charge is 2.20. The predicted octanol–water partition coefficient (Wildman–Crippen LogP) is 5.22. The molecular formula is C29H37N7O2. The summed E-state index contributed by atoms with van der Waals surface area (Å²) in [6.45, 7) is 12.3. The smallest absolute Gasteiger partial charge is 0.155 e.